The summed E-state index contributed by atoms with van der Waals surface area (Å²) in [6.07, 6.45) is 4.47. The maximum absolute atomic E-state index is 12.3. The molecule has 6 heteroatoms. The number of oxazole rings is 1. The van der Waals surface area contributed by atoms with Crippen molar-refractivity contribution in [3.8, 4) is 5.75 Å². The van der Waals surface area contributed by atoms with Crippen molar-refractivity contribution in [2.24, 2.45) is 0 Å². The Balaban J connectivity index is 1.64. The molecule has 6 nitrogen and oxygen atoms in total. The molecule has 26 heavy (non-hydrogen) atoms. The van der Waals surface area contributed by atoms with Gasteiger partial charge in [0.2, 0.25) is 5.91 Å². The summed E-state index contributed by atoms with van der Waals surface area (Å²) < 4.78 is 11.3. The number of nitrogens with zero attached hydrogens (tertiary/aromatic N) is 3. The van der Waals surface area contributed by atoms with E-state index in [9.17, 15) is 4.79 Å². The fourth-order valence-corrected chi connectivity index (χ4v) is 3.35. The summed E-state index contributed by atoms with van der Waals surface area (Å²) in [6, 6.07) is 7.95. The Morgan fingerprint density at radius 2 is 2.27 bits per heavy atom. The topological polar surface area (TPSA) is 58.8 Å². The number of amides is 1. The number of likely N-dealkylation sites (tertiary alicyclic amines) is 1. The standard InChI is InChI=1S/C20H27N3O3/c1-22(2)14-19(24)23-9-5-7-16(13-23)20-21-12-18(26-20)11-15-6-4-8-17(10-15)25-3/h4,6,8,10,12,16H,5,7,9,11,13-14H2,1-3H3/t16-/m1/s1. The molecule has 140 valence electrons. The lowest BCUT2D eigenvalue weighted by molar-refractivity contribution is -0.133. The zero-order valence-electron chi connectivity index (χ0n) is 15.8. The number of benzene rings is 1. The molecule has 1 atom stereocenters. The Kier molecular flexibility index (Phi) is 5.93. The van der Waals surface area contributed by atoms with E-state index in [-0.39, 0.29) is 11.8 Å². The number of hydrogen-bond donors (Lipinski definition) is 0. The van der Waals surface area contributed by atoms with Gasteiger partial charge in [0.1, 0.15) is 11.5 Å². The van der Waals surface area contributed by atoms with E-state index >= 15 is 0 Å². The minimum Gasteiger partial charge on any atom is -0.497 e. The quantitative estimate of drug-likeness (QED) is 0.795. The van der Waals surface area contributed by atoms with Crippen molar-refractivity contribution in [2.75, 3.05) is 40.8 Å². The monoisotopic (exact) mass is 357 g/mol. The minimum absolute atomic E-state index is 0.169. The van der Waals surface area contributed by atoms with Gasteiger partial charge in [0.15, 0.2) is 5.89 Å². The molecule has 0 N–H and O–H groups in total. The van der Waals surface area contributed by atoms with Gasteiger partial charge in [0, 0.05) is 19.5 Å². The number of carbonyl (C=O) groups is 1. The molecule has 2 heterocycles. The van der Waals surface area contributed by atoms with Crippen LogP contribution in [-0.4, -0.2) is 61.5 Å². The first-order valence-corrected chi connectivity index (χ1v) is 9.05. The molecule has 1 aromatic carbocycles. The van der Waals surface area contributed by atoms with Crippen molar-refractivity contribution in [2.45, 2.75) is 25.2 Å². The predicted octanol–water partition coefficient (Wildman–Crippen LogP) is 2.54. The summed E-state index contributed by atoms with van der Waals surface area (Å²) in [5.74, 6) is 2.76. The number of piperidine rings is 1. The molecule has 0 saturated carbocycles. The highest BCUT2D eigenvalue weighted by Gasteiger charge is 2.27. The summed E-state index contributed by atoms with van der Waals surface area (Å²) in [5, 5.41) is 0. The van der Waals surface area contributed by atoms with Crippen molar-refractivity contribution < 1.29 is 13.9 Å². The number of aromatic nitrogens is 1. The minimum atomic E-state index is 0.169. The van der Waals surface area contributed by atoms with E-state index in [4.69, 9.17) is 9.15 Å². The second-order valence-electron chi connectivity index (χ2n) is 7.11. The van der Waals surface area contributed by atoms with E-state index in [1.54, 1.807) is 13.3 Å². The van der Waals surface area contributed by atoms with Gasteiger partial charge in [-0.25, -0.2) is 4.98 Å². The Hall–Kier alpha value is -2.34. The molecule has 0 radical (unpaired) electrons. The number of methoxy groups -OCH3 is 1. The van der Waals surface area contributed by atoms with Crippen LogP contribution >= 0.6 is 0 Å². The second kappa shape index (κ2) is 8.36. The van der Waals surface area contributed by atoms with E-state index in [1.807, 2.05) is 48.2 Å². The maximum Gasteiger partial charge on any atom is 0.236 e. The average Bonchev–Trinajstić information content (AvgIpc) is 3.10. The van der Waals surface area contributed by atoms with Gasteiger partial charge in [-0.05, 0) is 44.6 Å². The zero-order chi connectivity index (χ0) is 18.5. The maximum atomic E-state index is 12.3. The lowest BCUT2D eigenvalue weighted by atomic mass is 9.98. The predicted molar refractivity (Wildman–Crippen MR) is 99.4 cm³/mol. The van der Waals surface area contributed by atoms with Crippen LogP contribution in [0.2, 0.25) is 0 Å². The van der Waals surface area contributed by atoms with Crippen molar-refractivity contribution in [3.05, 3.63) is 47.7 Å². The van der Waals surface area contributed by atoms with E-state index in [0.717, 1.165) is 42.4 Å². The number of rotatable bonds is 6. The second-order valence-corrected chi connectivity index (χ2v) is 7.11. The molecular formula is C20H27N3O3. The van der Waals surface area contributed by atoms with Crippen LogP contribution in [0.4, 0.5) is 0 Å². The largest absolute Gasteiger partial charge is 0.497 e. The van der Waals surface area contributed by atoms with Gasteiger partial charge in [-0.1, -0.05) is 12.1 Å². The third-order valence-electron chi connectivity index (χ3n) is 4.66. The third kappa shape index (κ3) is 4.64. The molecule has 0 bridgehead atoms. The third-order valence-corrected chi connectivity index (χ3v) is 4.66. The smallest absolute Gasteiger partial charge is 0.236 e. The highest BCUT2D eigenvalue weighted by atomic mass is 16.5. The van der Waals surface area contributed by atoms with E-state index < -0.39 is 0 Å². The highest BCUT2D eigenvalue weighted by Crippen LogP contribution is 2.27. The van der Waals surface area contributed by atoms with Crippen LogP contribution in [0.3, 0.4) is 0 Å². The fraction of sp³-hybridized carbons (Fsp3) is 0.500. The van der Waals surface area contributed by atoms with Gasteiger partial charge in [0.25, 0.3) is 0 Å². The van der Waals surface area contributed by atoms with Gasteiger partial charge in [-0.3, -0.25) is 4.79 Å². The molecule has 2 aromatic rings. The first kappa shape index (κ1) is 18.5. The lowest BCUT2D eigenvalue weighted by Crippen LogP contribution is -2.43. The summed E-state index contributed by atoms with van der Waals surface area (Å²) >= 11 is 0. The van der Waals surface area contributed by atoms with Gasteiger partial charge in [0.05, 0.1) is 25.8 Å². The Morgan fingerprint density at radius 3 is 3.04 bits per heavy atom. The summed E-state index contributed by atoms with van der Waals surface area (Å²) in [5.41, 5.74) is 1.12. The van der Waals surface area contributed by atoms with Crippen LogP contribution in [0.25, 0.3) is 0 Å². The SMILES string of the molecule is COc1cccc(Cc2cnc([C@@H]3CCCN(C(=O)CN(C)C)C3)o2)c1. The number of ether oxygens (including phenoxy) is 1. The number of likely N-dealkylation sites (N-methyl/N-ethyl adjacent to an activating group) is 1. The Labute approximate surface area is 154 Å². The van der Waals surface area contributed by atoms with Crippen molar-refractivity contribution in [3.63, 3.8) is 0 Å². The molecule has 1 aliphatic heterocycles. The molecule has 0 unspecified atom stereocenters. The first-order valence-electron chi connectivity index (χ1n) is 9.05. The summed E-state index contributed by atoms with van der Waals surface area (Å²) in [6.45, 7) is 1.95. The van der Waals surface area contributed by atoms with Crippen molar-refractivity contribution in [1.29, 1.82) is 0 Å². The van der Waals surface area contributed by atoms with Gasteiger partial charge in [-0.15, -0.1) is 0 Å². The van der Waals surface area contributed by atoms with Gasteiger partial charge < -0.3 is 19.0 Å². The summed E-state index contributed by atoms with van der Waals surface area (Å²) in [7, 11) is 5.49. The Bertz CT molecular complexity index is 741. The highest BCUT2D eigenvalue weighted by molar-refractivity contribution is 5.78. The van der Waals surface area contributed by atoms with Crippen LogP contribution in [0, 0.1) is 0 Å². The van der Waals surface area contributed by atoms with Crippen molar-refractivity contribution >= 4 is 5.91 Å². The lowest BCUT2D eigenvalue weighted by Gasteiger charge is -2.32. The van der Waals surface area contributed by atoms with E-state index in [2.05, 4.69) is 4.98 Å². The summed E-state index contributed by atoms with van der Waals surface area (Å²) in [4.78, 5) is 20.6. The molecule has 1 saturated heterocycles. The number of carbonyl (C=O) groups excluding carboxylic acids is 1. The van der Waals surface area contributed by atoms with Gasteiger partial charge in [-0.2, -0.15) is 0 Å². The molecular weight excluding hydrogens is 330 g/mol. The molecule has 0 aliphatic carbocycles. The van der Waals surface area contributed by atoms with Gasteiger partial charge >= 0.3 is 0 Å². The van der Waals surface area contributed by atoms with Crippen LogP contribution < -0.4 is 4.74 Å². The molecule has 1 fully saturated rings. The Morgan fingerprint density at radius 1 is 1.42 bits per heavy atom. The normalized spacial score (nSPS) is 17.5. The fourth-order valence-electron chi connectivity index (χ4n) is 3.35. The molecule has 1 aliphatic rings. The van der Waals surface area contributed by atoms with Crippen LogP contribution in [-0.2, 0) is 11.2 Å². The number of hydrogen-bond acceptors (Lipinski definition) is 5. The molecule has 0 spiro atoms. The first-order chi connectivity index (χ1) is 12.5. The van der Waals surface area contributed by atoms with Crippen LogP contribution in [0.5, 0.6) is 5.75 Å². The van der Waals surface area contributed by atoms with E-state index in [0.29, 0.717) is 19.5 Å². The van der Waals surface area contributed by atoms with Crippen LogP contribution in [0.15, 0.2) is 34.9 Å². The van der Waals surface area contributed by atoms with Crippen molar-refractivity contribution in [1.82, 2.24) is 14.8 Å². The van der Waals surface area contributed by atoms with E-state index in [1.165, 1.54) is 0 Å². The average molecular weight is 357 g/mol. The molecule has 3 rings (SSSR count). The van der Waals surface area contributed by atoms with Crippen LogP contribution in [0.1, 0.15) is 36.0 Å². The molecule has 1 aromatic heterocycles. The zero-order valence-corrected chi connectivity index (χ0v) is 15.8. The molecule has 1 amide bonds.